The molecule has 0 N–H and O–H groups in total. The van der Waals surface area contributed by atoms with Gasteiger partial charge in [0.1, 0.15) is 6.54 Å². The lowest BCUT2D eigenvalue weighted by atomic mass is 9.81. The molecule has 22 heavy (non-hydrogen) atoms. The van der Waals surface area contributed by atoms with E-state index in [1.54, 1.807) is 6.92 Å². The summed E-state index contributed by atoms with van der Waals surface area (Å²) in [6.07, 6.45) is 3.36. The zero-order valence-corrected chi connectivity index (χ0v) is 12.3. The van der Waals surface area contributed by atoms with Crippen LogP contribution < -0.4 is 0 Å². The van der Waals surface area contributed by atoms with Crippen LogP contribution in [0.4, 0.5) is 0 Å². The molecule has 8 heteroatoms. The molecule has 0 aromatic carbocycles. The average Bonchev–Trinajstić information content (AvgIpc) is 3.03. The number of carbonyl (C=O) groups is 3. The van der Waals surface area contributed by atoms with Crippen LogP contribution in [0.5, 0.6) is 0 Å². The Hall–Kier alpha value is -2.25. The first-order valence-electron chi connectivity index (χ1n) is 7.36. The number of ether oxygens (including phenoxy) is 1. The Bertz CT molecular complexity index is 587. The van der Waals surface area contributed by atoms with Gasteiger partial charge in [-0.3, -0.25) is 19.3 Å². The van der Waals surface area contributed by atoms with E-state index >= 15 is 0 Å². The van der Waals surface area contributed by atoms with Gasteiger partial charge in [-0.05, 0) is 19.8 Å². The first kappa shape index (κ1) is 14.7. The lowest BCUT2D eigenvalue weighted by Crippen LogP contribution is -2.36. The Labute approximate surface area is 126 Å². The monoisotopic (exact) mass is 307 g/mol. The van der Waals surface area contributed by atoms with Gasteiger partial charge < -0.3 is 9.26 Å². The van der Waals surface area contributed by atoms with E-state index in [2.05, 4.69) is 10.1 Å². The number of hydrogen-bond donors (Lipinski definition) is 0. The second-order valence-electron chi connectivity index (χ2n) is 5.66. The van der Waals surface area contributed by atoms with E-state index in [1.807, 2.05) is 0 Å². The molecule has 1 saturated heterocycles. The summed E-state index contributed by atoms with van der Waals surface area (Å²) in [5, 5.41) is 3.57. The predicted octanol–water partition coefficient (Wildman–Crippen LogP) is 0.596. The van der Waals surface area contributed by atoms with E-state index < -0.39 is 5.97 Å². The summed E-state index contributed by atoms with van der Waals surface area (Å²) in [4.78, 5) is 41.2. The molecule has 2 heterocycles. The number of fused-ring (bicyclic) bond motifs is 1. The summed E-state index contributed by atoms with van der Waals surface area (Å²) in [6.45, 7) is 1.14. The maximum atomic E-state index is 12.2. The number of aromatic nitrogens is 2. The molecular formula is C14H17N3O5. The zero-order valence-electron chi connectivity index (χ0n) is 12.3. The molecular weight excluding hydrogens is 290 g/mol. The standard InChI is InChI=1S/C14H17N3O5/c1-8-15-11(22-16-8)7-21-12(18)6-17-13(19)9-4-2-3-5-10(9)14(17)20/h9-10H,2-7H2,1H3/t9-,10-/m0/s1. The Morgan fingerprint density at radius 3 is 2.45 bits per heavy atom. The van der Waals surface area contributed by atoms with Gasteiger partial charge in [-0.15, -0.1) is 0 Å². The molecule has 2 fully saturated rings. The first-order chi connectivity index (χ1) is 10.6. The molecule has 0 spiro atoms. The molecule has 0 unspecified atom stereocenters. The van der Waals surface area contributed by atoms with E-state index in [9.17, 15) is 14.4 Å². The highest BCUT2D eigenvalue weighted by molar-refractivity contribution is 6.07. The first-order valence-corrected chi connectivity index (χ1v) is 7.36. The molecule has 0 radical (unpaired) electrons. The van der Waals surface area contributed by atoms with Crippen molar-refractivity contribution in [1.82, 2.24) is 15.0 Å². The van der Waals surface area contributed by atoms with Gasteiger partial charge in [0.2, 0.25) is 11.8 Å². The molecule has 2 amide bonds. The molecule has 2 atom stereocenters. The normalized spacial score (nSPS) is 24.5. The fraction of sp³-hybridized carbons (Fsp3) is 0.643. The highest BCUT2D eigenvalue weighted by Gasteiger charge is 2.48. The molecule has 1 saturated carbocycles. The van der Waals surface area contributed by atoms with Crippen molar-refractivity contribution in [2.24, 2.45) is 11.8 Å². The third-order valence-electron chi connectivity index (χ3n) is 4.15. The van der Waals surface area contributed by atoms with Crippen LogP contribution in [0, 0.1) is 18.8 Å². The third kappa shape index (κ3) is 2.72. The Balaban J connectivity index is 1.56. The molecule has 1 aliphatic carbocycles. The van der Waals surface area contributed by atoms with Gasteiger partial charge in [0, 0.05) is 0 Å². The molecule has 0 bridgehead atoms. The van der Waals surface area contributed by atoms with Crippen molar-refractivity contribution in [3.8, 4) is 0 Å². The summed E-state index contributed by atoms with van der Waals surface area (Å²) >= 11 is 0. The molecule has 1 aromatic rings. The van der Waals surface area contributed by atoms with Crippen LogP contribution in [0.15, 0.2) is 4.52 Å². The van der Waals surface area contributed by atoms with E-state index in [1.165, 1.54) is 0 Å². The van der Waals surface area contributed by atoms with E-state index in [4.69, 9.17) is 9.26 Å². The van der Waals surface area contributed by atoms with Gasteiger partial charge >= 0.3 is 5.97 Å². The minimum atomic E-state index is -0.656. The summed E-state index contributed by atoms with van der Waals surface area (Å²) in [5.41, 5.74) is 0. The minimum Gasteiger partial charge on any atom is -0.454 e. The SMILES string of the molecule is Cc1noc(COC(=O)CN2C(=O)[C@H]3CCCC[C@@H]3C2=O)n1. The number of nitrogens with zero attached hydrogens (tertiary/aromatic N) is 3. The lowest BCUT2D eigenvalue weighted by Gasteiger charge is -2.19. The van der Waals surface area contributed by atoms with Gasteiger partial charge in [-0.1, -0.05) is 18.0 Å². The van der Waals surface area contributed by atoms with Gasteiger partial charge in [0.25, 0.3) is 5.89 Å². The number of esters is 1. The number of imide groups is 1. The van der Waals surface area contributed by atoms with Crippen LogP contribution in [0.2, 0.25) is 0 Å². The smallest absolute Gasteiger partial charge is 0.326 e. The number of hydrogen-bond acceptors (Lipinski definition) is 7. The van der Waals surface area contributed by atoms with Gasteiger partial charge in [-0.2, -0.15) is 4.98 Å². The molecule has 3 rings (SSSR count). The number of aryl methyl sites for hydroxylation is 1. The second kappa shape index (κ2) is 5.86. The van der Waals surface area contributed by atoms with Crippen molar-refractivity contribution < 1.29 is 23.6 Å². The van der Waals surface area contributed by atoms with Crippen LogP contribution in [0.1, 0.15) is 37.4 Å². The highest BCUT2D eigenvalue weighted by Crippen LogP contribution is 2.37. The Morgan fingerprint density at radius 2 is 1.91 bits per heavy atom. The molecule has 8 nitrogen and oxygen atoms in total. The quantitative estimate of drug-likeness (QED) is 0.592. The fourth-order valence-electron chi connectivity index (χ4n) is 3.10. The third-order valence-corrected chi connectivity index (χ3v) is 4.15. The summed E-state index contributed by atoms with van der Waals surface area (Å²) < 4.78 is 9.79. The van der Waals surface area contributed by atoms with Gasteiger partial charge in [0.15, 0.2) is 12.4 Å². The van der Waals surface area contributed by atoms with E-state index in [0.717, 1.165) is 30.6 Å². The number of likely N-dealkylation sites (tertiary alicyclic amines) is 1. The zero-order chi connectivity index (χ0) is 15.7. The van der Waals surface area contributed by atoms with Crippen molar-refractivity contribution in [2.45, 2.75) is 39.2 Å². The summed E-state index contributed by atoms with van der Waals surface area (Å²) in [7, 11) is 0. The molecule has 2 aliphatic rings. The van der Waals surface area contributed by atoms with Gasteiger partial charge in [-0.25, -0.2) is 0 Å². The van der Waals surface area contributed by atoms with Crippen LogP contribution >= 0.6 is 0 Å². The second-order valence-corrected chi connectivity index (χ2v) is 5.66. The van der Waals surface area contributed by atoms with Crippen molar-refractivity contribution in [3.63, 3.8) is 0 Å². The van der Waals surface area contributed by atoms with Crippen molar-refractivity contribution >= 4 is 17.8 Å². The molecule has 1 aromatic heterocycles. The maximum absolute atomic E-state index is 12.2. The van der Waals surface area contributed by atoms with Crippen LogP contribution in [0.25, 0.3) is 0 Å². The fourth-order valence-corrected chi connectivity index (χ4v) is 3.10. The number of amides is 2. The molecule has 118 valence electrons. The van der Waals surface area contributed by atoms with Crippen molar-refractivity contribution in [1.29, 1.82) is 0 Å². The van der Waals surface area contributed by atoms with Crippen molar-refractivity contribution in [2.75, 3.05) is 6.54 Å². The summed E-state index contributed by atoms with van der Waals surface area (Å²) in [6, 6.07) is 0. The van der Waals surface area contributed by atoms with Crippen LogP contribution in [-0.2, 0) is 25.7 Å². The maximum Gasteiger partial charge on any atom is 0.326 e. The van der Waals surface area contributed by atoms with E-state index in [-0.39, 0.29) is 42.7 Å². The topological polar surface area (TPSA) is 103 Å². The molecule has 1 aliphatic heterocycles. The predicted molar refractivity (Wildman–Crippen MR) is 71.0 cm³/mol. The summed E-state index contributed by atoms with van der Waals surface area (Å²) in [5.74, 6) is -1.05. The minimum absolute atomic E-state index is 0.164. The average molecular weight is 307 g/mol. The lowest BCUT2D eigenvalue weighted by molar-refractivity contribution is -0.154. The number of carbonyl (C=O) groups excluding carboxylic acids is 3. The van der Waals surface area contributed by atoms with Crippen LogP contribution in [-0.4, -0.2) is 39.4 Å². The van der Waals surface area contributed by atoms with Crippen LogP contribution in [0.3, 0.4) is 0 Å². The highest BCUT2D eigenvalue weighted by atomic mass is 16.6. The largest absolute Gasteiger partial charge is 0.454 e. The van der Waals surface area contributed by atoms with Gasteiger partial charge in [0.05, 0.1) is 11.8 Å². The Morgan fingerprint density at radius 1 is 1.27 bits per heavy atom. The van der Waals surface area contributed by atoms with Crippen molar-refractivity contribution in [3.05, 3.63) is 11.7 Å². The van der Waals surface area contributed by atoms with E-state index in [0.29, 0.717) is 5.82 Å². The Kier molecular flexibility index (Phi) is 3.91. The number of rotatable bonds is 4.